The van der Waals surface area contributed by atoms with Crippen molar-refractivity contribution in [2.75, 3.05) is 0 Å². The van der Waals surface area contributed by atoms with Gasteiger partial charge < -0.3 is 8.98 Å². The number of furan rings is 1. The van der Waals surface area contributed by atoms with E-state index in [4.69, 9.17) is 4.42 Å². The average Bonchev–Trinajstić information content (AvgIpc) is 3.15. The van der Waals surface area contributed by atoms with Gasteiger partial charge in [-0.1, -0.05) is 18.2 Å². The highest BCUT2D eigenvalue weighted by atomic mass is 32.1. The predicted molar refractivity (Wildman–Crippen MR) is 86.3 cm³/mol. The van der Waals surface area contributed by atoms with Gasteiger partial charge in [-0.25, -0.2) is 4.39 Å². The van der Waals surface area contributed by atoms with Crippen LogP contribution >= 0.6 is 11.3 Å². The number of benzene rings is 1. The Balaban J connectivity index is 2.11. The molecule has 6 heteroatoms. The Morgan fingerprint density at radius 1 is 1.26 bits per heavy atom. The van der Waals surface area contributed by atoms with Crippen molar-refractivity contribution in [1.82, 2.24) is 4.57 Å². The summed E-state index contributed by atoms with van der Waals surface area (Å²) in [5, 5.41) is 0. The highest BCUT2D eigenvalue weighted by molar-refractivity contribution is 7.07. The first kappa shape index (κ1) is 15.2. The first-order valence-corrected chi connectivity index (χ1v) is 7.59. The number of rotatable bonds is 3. The molecule has 0 aliphatic carbocycles. The quantitative estimate of drug-likeness (QED) is 0.687. The monoisotopic (exact) mass is 329 g/mol. The van der Waals surface area contributed by atoms with Crippen molar-refractivity contribution in [2.45, 2.75) is 0 Å². The number of carbonyl (C=O) groups excluding carboxylic acids is 1. The molecule has 116 valence electrons. The van der Waals surface area contributed by atoms with Gasteiger partial charge in [0.1, 0.15) is 10.5 Å². The fourth-order valence-electron chi connectivity index (χ4n) is 2.04. The van der Waals surface area contributed by atoms with Crippen LogP contribution in [-0.4, -0.2) is 10.4 Å². The van der Waals surface area contributed by atoms with E-state index in [1.807, 2.05) is 0 Å². The number of halogens is 1. The Hall–Kier alpha value is -2.73. The predicted octanol–water partition coefficient (Wildman–Crippen LogP) is 1.67. The average molecular weight is 329 g/mol. The Kier molecular flexibility index (Phi) is 4.08. The molecule has 3 rings (SSSR count). The molecule has 0 N–H and O–H groups in total. The molecule has 0 atom stereocenters. The van der Waals surface area contributed by atoms with Gasteiger partial charge in [-0.05, 0) is 24.3 Å². The van der Waals surface area contributed by atoms with E-state index >= 15 is 0 Å². The summed E-state index contributed by atoms with van der Waals surface area (Å²) in [6.45, 7) is 0. The van der Waals surface area contributed by atoms with E-state index in [-0.39, 0.29) is 17.1 Å². The van der Waals surface area contributed by atoms with Crippen molar-refractivity contribution in [1.29, 1.82) is 0 Å². The van der Waals surface area contributed by atoms with E-state index in [0.29, 0.717) is 14.8 Å². The summed E-state index contributed by atoms with van der Waals surface area (Å²) in [6, 6.07) is 9.37. The molecular formula is C17H12FNO3S. The van der Waals surface area contributed by atoms with E-state index < -0.39 is 5.82 Å². The molecular weight excluding hydrogens is 317 g/mol. The zero-order chi connectivity index (χ0) is 16.4. The first-order valence-electron chi connectivity index (χ1n) is 6.78. The molecule has 1 aromatic carbocycles. The number of carbonyl (C=O) groups is 1. The standard InChI is InChI=1S/C17H12FNO3S/c1-19-16(10-13(20)14-7-4-8-22-14)23-15(17(19)21)9-11-5-2-3-6-12(11)18/h2-10H,1H3/b15-9-,16-10-. The van der Waals surface area contributed by atoms with Crippen LogP contribution in [0.15, 0.2) is 51.9 Å². The topological polar surface area (TPSA) is 52.2 Å². The molecule has 0 radical (unpaired) electrons. The second-order valence-corrected chi connectivity index (χ2v) is 5.88. The molecule has 0 saturated heterocycles. The summed E-state index contributed by atoms with van der Waals surface area (Å²) in [7, 11) is 1.57. The van der Waals surface area contributed by atoms with Crippen molar-refractivity contribution in [3.05, 3.63) is 79.4 Å². The Morgan fingerprint density at radius 2 is 2.04 bits per heavy atom. The van der Waals surface area contributed by atoms with Gasteiger partial charge in [0, 0.05) is 18.7 Å². The minimum absolute atomic E-state index is 0.200. The molecule has 3 aromatic rings. The van der Waals surface area contributed by atoms with Gasteiger partial charge in [-0.3, -0.25) is 9.59 Å². The lowest BCUT2D eigenvalue weighted by Gasteiger charge is -1.92. The van der Waals surface area contributed by atoms with Crippen molar-refractivity contribution in [3.8, 4) is 0 Å². The molecule has 0 aliphatic heterocycles. The van der Waals surface area contributed by atoms with Crippen LogP contribution in [0.2, 0.25) is 0 Å². The summed E-state index contributed by atoms with van der Waals surface area (Å²) in [5.41, 5.74) is 0.0482. The maximum Gasteiger partial charge on any atom is 0.268 e. The van der Waals surface area contributed by atoms with Gasteiger partial charge >= 0.3 is 0 Å². The van der Waals surface area contributed by atoms with Crippen LogP contribution in [0.5, 0.6) is 0 Å². The maximum absolute atomic E-state index is 13.7. The van der Waals surface area contributed by atoms with E-state index in [1.165, 1.54) is 29.0 Å². The fraction of sp³-hybridized carbons (Fsp3) is 0.0588. The fourth-order valence-corrected chi connectivity index (χ4v) is 3.06. The number of thiazole rings is 1. The third kappa shape index (κ3) is 3.07. The molecule has 0 spiro atoms. The van der Waals surface area contributed by atoms with Gasteiger partial charge in [-0.15, -0.1) is 11.3 Å². The van der Waals surface area contributed by atoms with Gasteiger partial charge in [0.05, 0.1) is 10.8 Å². The molecule has 23 heavy (non-hydrogen) atoms. The number of nitrogens with zero attached hydrogens (tertiary/aromatic N) is 1. The van der Waals surface area contributed by atoms with E-state index in [0.717, 1.165) is 11.3 Å². The minimum atomic E-state index is -0.403. The summed E-state index contributed by atoms with van der Waals surface area (Å²) in [4.78, 5) is 24.3. The van der Waals surface area contributed by atoms with Crippen molar-refractivity contribution in [3.63, 3.8) is 0 Å². The van der Waals surface area contributed by atoms with Crippen LogP contribution in [0.4, 0.5) is 4.39 Å². The van der Waals surface area contributed by atoms with E-state index in [9.17, 15) is 14.0 Å². The second-order valence-electron chi connectivity index (χ2n) is 4.82. The molecule has 0 bridgehead atoms. The third-order valence-corrected chi connectivity index (χ3v) is 4.38. The van der Waals surface area contributed by atoms with Crippen LogP contribution in [0.3, 0.4) is 0 Å². The SMILES string of the molecule is Cn1c(=O)/c(=C/c2ccccc2F)s/c1=C\C(=O)c1ccco1. The lowest BCUT2D eigenvalue weighted by Crippen LogP contribution is -2.29. The van der Waals surface area contributed by atoms with Crippen molar-refractivity contribution >= 4 is 29.3 Å². The lowest BCUT2D eigenvalue weighted by molar-refractivity contribution is 0.103. The minimum Gasteiger partial charge on any atom is -0.461 e. The van der Waals surface area contributed by atoms with Crippen molar-refractivity contribution < 1.29 is 13.6 Å². The van der Waals surface area contributed by atoms with Crippen LogP contribution in [0, 0.1) is 5.82 Å². The van der Waals surface area contributed by atoms with Gasteiger partial charge in [-0.2, -0.15) is 0 Å². The highest BCUT2D eigenvalue weighted by Gasteiger charge is 2.08. The number of hydrogen-bond acceptors (Lipinski definition) is 4. The molecule has 0 aliphatic rings. The first-order chi connectivity index (χ1) is 11.1. The Bertz CT molecular complexity index is 1030. The van der Waals surface area contributed by atoms with Crippen molar-refractivity contribution in [2.24, 2.45) is 7.05 Å². The zero-order valence-corrected chi connectivity index (χ0v) is 13.0. The van der Waals surface area contributed by atoms with Crippen LogP contribution in [0.1, 0.15) is 16.1 Å². The van der Waals surface area contributed by atoms with E-state index in [1.54, 1.807) is 37.4 Å². The Labute approximate surface area is 134 Å². The van der Waals surface area contributed by atoms with Gasteiger partial charge in [0.25, 0.3) is 5.56 Å². The van der Waals surface area contributed by atoms with Crippen LogP contribution < -0.4 is 14.8 Å². The lowest BCUT2D eigenvalue weighted by atomic mass is 10.2. The molecule has 0 saturated carbocycles. The molecule has 0 unspecified atom stereocenters. The second kappa shape index (κ2) is 6.18. The number of ketones is 1. The van der Waals surface area contributed by atoms with Gasteiger partial charge in [0.2, 0.25) is 5.78 Å². The molecule has 2 heterocycles. The molecule has 2 aromatic heterocycles. The summed E-state index contributed by atoms with van der Waals surface area (Å²) < 4.78 is 20.9. The summed E-state index contributed by atoms with van der Waals surface area (Å²) in [5.74, 6) is -0.532. The van der Waals surface area contributed by atoms with Gasteiger partial charge in [0.15, 0.2) is 5.76 Å². The van der Waals surface area contributed by atoms with E-state index in [2.05, 4.69) is 0 Å². The summed E-state index contributed by atoms with van der Waals surface area (Å²) >= 11 is 1.13. The largest absolute Gasteiger partial charge is 0.461 e. The highest BCUT2D eigenvalue weighted by Crippen LogP contribution is 2.06. The third-order valence-electron chi connectivity index (χ3n) is 3.27. The van der Waals surface area contributed by atoms with Crippen LogP contribution in [0.25, 0.3) is 12.2 Å². The number of aromatic nitrogens is 1. The molecule has 4 nitrogen and oxygen atoms in total. The smallest absolute Gasteiger partial charge is 0.268 e. The van der Waals surface area contributed by atoms with Crippen LogP contribution in [-0.2, 0) is 7.05 Å². The number of hydrogen-bond donors (Lipinski definition) is 0. The molecule has 0 amide bonds. The molecule has 0 fully saturated rings. The number of Topliss-reactive ketones (excluding diaryl/α,β-unsaturated/α-hetero) is 1. The Morgan fingerprint density at radius 3 is 2.74 bits per heavy atom. The maximum atomic E-state index is 13.7. The normalized spacial score (nSPS) is 12.8. The zero-order valence-electron chi connectivity index (χ0n) is 12.2. The summed E-state index contributed by atoms with van der Waals surface area (Å²) in [6.07, 6.45) is 4.23.